The minimum absolute atomic E-state index is 0.134. The summed E-state index contributed by atoms with van der Waals surface area (Å²) in [5.74, 6) is -0.439. The van der Waals surface area contributed by atoms with E-state index in [2.05, 4.69) is 5.16 Å². The number of piperidine rings is 2. The fraction of sp³-hybridized carbons (Fsp3) is 0.478. The Kier molecular flexibility index (Phi) is 6.34. The van der Waals surface area contributed by atoms with Crippen LogP contribution in [-0.4, -0.2) is 58.9 Å². The summed E-state index contributed by atoms with van der Waals surface area (Å²) in [6.45, 7) is 2.24. The number of hydrogen-bond acceptors (Lipinski definition) is 5. The number of aromatic nitrogens is 1. The highest BCUT2D eigenvalue weighted by Gasteiger charge is 2.31. The van der Waals surface area contributed by atoms with E-state index in [1.165, 1.54) is 0 Å². The topological polar surface area (TPSA) is 110 Å². The Morgan fingerprint density at radius 1 is 1.03 bits per heavy atom. The van der Waals surface area contributed by atoms with Crippen LogP contribution >= 0.6 is 0 Å². The third-order valence-electron chi connectivity index (χ3n) is 6.31. The van der Waals surface area contributed by atoms with Crippen LogP contribution in [0.15, 0.2) is 40.9 Å². The van der Waals surface area contributed by atoms with E-state index in [0.29, 0.717) is 39.0 Å². The molecule has 164 valence electrons. The van der Waals surface area contributed by atoms with Gasteiger partial charge in [0.2, 0.25) is 17.6 Å². The van der Waals surface area contributed by atoms with Crippen molar-refractivity contribution in [3.63, 3.8) is 0 Å². The van der Waals surface area contributed by atoms with Crippen molar-refractivity contribution in [2.24, 2.45) is 11.7 Å². The molecule has 2 aliphatic heterocycles. The molecule has 1 atom stereocenters. The zero-order valence-corrected chi connectivity index (χ0v) is 17.5. The minimum Gasteiger partial charge on any atom is -0.369 e. The maximum absolute atomic E-state index is 12.8. The van der Waals surface area contributed by atoms with Gasteiger partial charge in [0.05, 0.1) is 18.0 Å². The van der Waals surface area contributed by atoms with Crippen LogP contribution in [0.3, 0.4) is 0 Å². The van der Waals surface area contributed by atoms with Crippen LogP contribution in [-0.2, 0) is 16.0 Å². The Labute approximate surface area is 181 Å². The van der Waals surface area contributed by atoms with E-state index in [-0.39, 0.29) is 35.3 Å². The number of nitrogens with zero attached hydrogens (tertiary/aromatic N) is 3. The summed E-state index contributed by atoms with van der Waals surface area (Å²) in [4.78, 5) is 40.3. The molecule has 0 aliphatic carbocycles. The second-order valence-electron chi connectivity index (χ2n) is 8.43. The van der Waals surface area contributed by atoms with E-state index >= 15 is 0 Å². The average molecular weight is 425 g/mol. The molecule has 0 bridgehead atoms. The standard InChI is InChI=1S/C23H28N4O4/c24-22(29)18-7-4-10-27(15-18)23(30)20-14-19(25-31-20)17-8-11-26(12-9-17)21(28)13-16-5-2-1-3-6-16/h1-3,5-6,14,17-18H,4,7-13,15H2,(H2,24,29)/t18-/m0/s1. The molecule has 0 unspecified atom stereocenters. The molecule has 2 aliphatic rings. The van der Waals surface area contributed by atoms with Gasteiger partial charge in [-0.1, -0.05) is 35.5 Å². The Hall–Kier alpha value is -3.16. The zero-order chi connectivity index (χ0) is 21.8. The molecule has 2 saturated heterocycles. The van der Waals surface area contributed by atoms with Gasteiger partial charge in [-0.2, -0.15) is 0 Å². The van der Waals surface area contributed by atoms with Crippen molar-refractivity contribution in [2.45, 2.75) is 38.0 Å². The predicted molar refractivity (Wildman–Crippen MR) is 113 cm³/mol. The number of amides is 3. The smallest absolute Gasteiger partial charge is 0.292 e. The normalized spacial score (nSPS) is 19.9. The number of benzene rings is 1. The van der Waals surface area contributed by atoms with Gasteiger partial charge in [0.25, 0.3) is 5.91 Å². The van der Waals surface area contributed by atoms with Crippen LogP contribution < -0.4 is 5.73 Å². The molecule has 4 rings (SSSR count). The second-order valence-corrected chi connectivity index (χ2v) is 8.43. The summed E-state index contributed by atoms with van der Waals surface area (Å²) in [5.41, 5.74) is 7.18. The molecule has 8 heteroatoms. The number of carbonyl (C=O) groups excluding carboxylic acids is 3. The largest absolute Gasteiger partial charge is 0.369 e. The van der Waals surface area contributed by atoms with Gasteiger partial charge in [-0.25, -0.2) is 0 Å². The quantitative estimate of drug-likeness (QED) is 0.789. The predicted octanol–water partition coefficient (Wildman–Crippen LogP) is 1.96. The van der Waals surface area contributed by atoms with Gasteiger partial charge < -0.3 is 20.1 Å². The van der Waals surface area contributed by atoms with Crippen LogP contribution in [0.4, 0.5) is 0 Å². The molecular formula is C23H28N4O4. The Morgan fingerprint density at radius 3 is 2.48 bits per heavy atom. The molecule has 0 spiro atoms. The second kappa shape index (κ2) is 9.32. The van der Waals surface area contributed by atoms with E-state index < -0.39 is 0 Å². The Bertz CT molecular complexity index is 934. The van der Waals surface area contributed by atoms with Gasteiger partial charge >= 0.3 is 0 Å². The van der Waals surface area contributed by atoms with Crippen molar-refractivity contribution in [1.29, 1.82) is 0 Å². The molecule has 8 nitrogen and oxygen atoms in total. The van der Waals surface area contributed by atoms with Gasteiger partial charge in [0, 0.05) is 38.2 Å². The lowest BCUT2D eigenvalue weighted by atomic mass is 9.93. The minimum atomic E-state index is -0.371. The molecule has 2 N–H and O–H groups in total. The van der Waals surface area contributed by atoms with E-state index in [1.807, 2.05) is 35.2 Å². The Balaban J connectivity index is 1.31. The lowest BCUT2D eigenvalue weighted by Crippen LogP contribution is -2.44. The molecule has 2 aromatic rings. The van der Waals surface area contributed by atoms with Gasteiger partial charge in [-0.05, 0) is 31.2 Å². The molecular weight excluding hydrogens is 396 g/mol. The molecule has 3 amide bonds. The van der Waals surface area contributed by atoms with Gasteiger partial charge in [-0.15, -0.1) is 0 Å². The maximum Gasteiger partial charge on any atom is 0.292 e. The summed E-state index contributed by atoms with van der Waals surface area (Å²) >= 11 is 0. The van der Waals surface area contributed by atoms with Gasteiger partial charge in [-0.3, -0.25) is 14.4 Å². The van der Waals surface area contributed by atoms with Crippen LogP contribution in [0.1, 0.15) is 53.4 Å². The monoisotopic (exact) mass is 424 g/mol. The zero-order valence-electron chi connectivity index (χ0n) is 17.5. The highest BCUT2D eigenvalue weighted by molar-refractivity contribution is 5.92. The van der Waals surface area contributed by atoms with Crippen LogP contribution in [0, 0.1) is 5.92 Å². The first-order valence-corrected chi connectivity index (χ1v) is 10.9. The van der Waals surface area contributed by atoms with Crippen molar-refractivity contribution in [3.8, 4) is 0 Å². The lowest BCUT2D eigenvalue weighted by molar-refractivity contribution is -0.131. The SMILES string of the molecule is NC(=O)[C@H]1CCCN(C(=O)c2cc(C3CCN(C(=O)Cc4ccccc4)CC3)no2)C1. The lowest BCUT2D eigenvalue weighted by Gasteiger charge is -2.31. The summed E-state index contributed by atoms with van der Waals surface area (Å²) in [5, 5.41) is 4.13. The highest BCUT2D eigenvalue weighted by atomic mass is 16.5. The molecule has 0 radical (unpaired) electrons. The number of carbonyl (C=O) groups is 3. The van der Waals surface area contributed by atoms with Crippen molar-refractivity contribution in [3.05, 3.63) is 53.4 Å². The number of primary amides is 1. The van der Waals surface area contributed by atoms with Crippen LogP contribution in [0.25, 0.3) is 0 Å². The Morgan fingerprint density at radius 2 is 1.77 bits per heavy atom. The number of likely N-dealkylation sites (tertiary alicyclic amines) is 2. The fourth-order valence-corrected chi connectivity index (χ4v) is 4.44. The van der Waals surface area contributed by atoms with Crippen molar-refractivity contribution in [1.82, 2.24) is 15.0 Å². The molecule has 1 aromatic carbocycles. The molecule has 0 saturated carbocycles. The molecule has 1 aromatic heterocycles. The first-order chi connectivity index (χ1) is 15.0. The maximum atomic E-state index is 12.8. The molecule has 2 fully saturated rings. The van der Waals surface area contributed by atoms with E-state index in [1.54, 1.807) is 11.0 Å². The van der Waals surface area contributed by atoms with Gasteiger partial charge in [0.15, 0.2) is 0 Å². The fourth-order valence-electron chi connectivity index (χ4n) is 4.44. The molecule has 31 heavy (non-hydrogen) atoms. The molecule has 3 heterocycles. The summed E-state index contributed by atoms with van der Waals surface area (Å²) in [6, 6.07) is 11.5. The summed E-state index contributed by atoms with van der Waals surface area (Å²) < 4.78 is 5.34. The number of hydrogen-bond donors (Lipinski definition) is 1. The van der Waals surface area contributed by atoms with Crippen molar-refractivity contribution >= 4 is 17.7 Å². The first-order valence-electron chi connectivity index (χ1n) is 10.9. The first kappa shape index (κ1) is 21.1. The third-order valence-corrected chi connectivity index (χ3v) is 6.31. The highest BCUT2D eigenvalue weighted by Crippen LogP contribution is 2.29. The van der Waals surface area contributed by atoms with E-state index in [9.17, 15) is 14.4 Å². The summed E-state index contributed by atoms with van der Waals surface area (Å²) in [6.07, 6.45) is 3.44. The van der Waals surface area contributed by atoms with Gasteiger partial charge in [0.1, 0.15) is 0 Å². The number of nitrogens with two attached hydrogens (primary N) is 1. The summed E-state index contributed by atoms with van der Waals surface area (Å²) in [7, 11) is 0. The average Bonchev–Trinajstić information content (AvgIpc) is 3.30. The van der Waals surface area contributed by atoms with E-state index in [4.69, 9.17) is 10.3 Å². The van der Waals surface area contributed by atoms with Crippen molar-refractivity contribution < 1.29 is 18.9 Å². The third kappa shape index (κ3) is 4.95. The van der Waals surface area contributed by atoms with E-state index in [0.717, 1.165) is 30.5 Å². The van der Waals surface area contributed by atoms with Crippen molar-refractivity contribution in [2.75, 3.05) is 26.2 Å². The number of rotatable bonds is 5. The van der Waals surface area contributed by atoms with Crippen LogP contribution in [0.5, 0.6) is 0 Å². The van der Waals surface area contributed by atoms with Crippen LogP contribution in [0.2, 0.25) is 0 Å².